The molecule has 0 aromatic heterocycles. The van der Waals surface area contributed by atoms with Gasteiger partial charge in [-0.2, -0.15) is 13.2 Å². The molecule has 0 amide bonds. The molecule has 74 valence electrons. The Kier molecular flexibility index (Phi) is 1.34. The second-order valence-electron chi connectivity index (χ2n) is 2.77. The standard InChI is InChI=1S/C9H6F3NO/c10-9(11,12)5-2-1-3-6-8(5)7(14)4-13-6/h1-3,14H,4H2/i4D2. The zero-order valence-corrected chi connectivity index (χ0v) is 6.76. The van der Waals surface area contributed by atoms with Crippen LogP contribution in [0.5, 0.6) is 0 Å². The highest BCUT2D eigenvalue weighted by atomic mass is 19.4. The zero-order valence-electron chi connectivity index (χ0n) is 8.76. The lowest BCUT2D eigenvalue weighted by atomic mass is 10.1. The predicted molar refractivity (Wildman–Crippen MR) is 43.1 cm³/mol. The molecule has 0 atom stereocenters. The van der Waals surface area contributed by atoms with Crippen molar-refractivity contribution >= 4 is 5.76 Å². The van der Waals surface area contributed by atoms with Crippen molar-refractivity contribution in [2.75, 3.05) is 6.50 Å². The Labute approximate surface area is 79.8 Å². The summed E-state index contributed by atoms with van der Waals surface area (Å²) in [5.74, 6) is -0.990. The van der Waals surface area contributed by atoms with Crippen LogP contribution in [0.4, 0.5) is 13.2 Å². The van der Waals surface area contributed by atoms with Gasteiger partial charge in [-0.25, -0.2) is 0 Å². The minimum absolute atomic E-state index is 0.183. The predicted octanol–water partition coefficient (Wildman–Crippen LogP) is 1.00. The van der Waals surface area contributed by atoms with Crippen LogP contribution in [0.25, 0.3) is 5.76 Å². The lowest BCUT2D eigenvalue weighted by Crippen LogP contribution is -2.31. The molecule has 1 heterocycles. The van der Waals surface area contributed by atoms with E-state index in [4.69, 9.17) is 2.74 Å². The fraction of sp³-hybridized carbons (Fsp3) is 0.222. The quantitative estimate of drug-likeness (QED) is 0.670. The topological polar surface area (TPSA) is 32.6 Å². The summed E-state index contributed by atoms with van der Waals surface area (Å²) >= 11 is 0. The van der Waals surface area contributed by atoms with Crippen molar-refractivity contribution in [1.82, 2.24) is 0 Å². The first-order chi connectivity index (χ1) is 7.23. The average Bonchev–Trinajstić information content (AvgIpc) is 2.36. The second kappa shape index (κ2) is 2.73. The Balaban J connectivity index is 2.90. The lowest BCUT2D eigenvalue weighted by Gasteiger charge is -2.06. The number of aliphatic hydroxyl groups excluding tert-OH is 1. The van der Waals surface area contributed by atoms with Gasteiger partial charge in [-0.1, -0.05) is 6.07 Å². The Bertz CT molecular complexity index is 565. The van der Waals surface area contributed by atoms with Gasteiger partial charge in [-0.3, -0.25) is 4.99 Å². The monoisotopic (exact) mass is 203 g/mol. The molecule has 1 aliphatic heterocycles. The first-order valence-electron chi connectivity index (χ1n) is 4.73. The number of halogens is 3. The van der Waals surface area contributed by atoms with E-state index in [1.807, 2.05) is 0 Å². The zero-order chi connectivity index (χ0) is 12.1. The summed E-state index contributed by atoms with van der Waals surface area (Å²) in [6.07, 6.45) is -4.64. The van der Waals surface area contributed by atoms with Crippen molar-refractivity contribution in [3.63, 3.8) is 0 Å². The molecule has 5 heteroatoms. The number of alkyl halides is 3. The second-order valence-corrected chi connectivity index (χ2v) is 2.77. The van der Waals surface area contributed by atoms with Gasteiger partial charge in [-0.15, -0.1) is 0 Å². The smallest absolute Gasteiger partial charge is 0.417 e. The minimum atomic E-state index is -4.64. The molecular formula is C9H6F3NO. The maximum atomic E-state index is 12.6. The Hall–Kier alpha value is -1.52. The molecule has 1 N–H and O–H groups in total. The Morgan fingerprint density at radius 2 is 2.14 bits per heavy atom. The van der Waals surface area contributed by atoms with Crippen molar-refractivity contribution < 1.29 is 21.0 Å². The number of hydrogen-bond acceptors (Lipinski definition) is 2. The molecule has 0 bridgehead atoms. The van der Waals surface area contributed by atoms with Crippen LogP contribution in [0.2, 0.25) is 0 Å². The molecule has 2 nitrogen and oxygen atoms in total. The van der Waals surface area contributed by atoms with Gasteiger partial charge in [0.1, 0.15) is 5.76 Å². The Morgan fingerprint density at radius 1 is 1.43 bits per heavy atom. The van der Waals surface area contributed by atoms with Crippen LogP contribution in [0, 0.1) is 0 Å². The molecule has 0 radical (unpaired) electrons. The van der Waals surface area contributed by atoms with E-state index in [-0.39, 0.29) is 5.36 Å². The van der Waals surface area contributed by atoms with Crippen molar-refractivity contribution in [3.05, 3.63) is 34.3 Å². The molecule has 0 saturated carbocycles. The molecule has 1 aromatic rings. The van der Waals surface area contributed by atoms with Gasteiger partial charge in [0, 0.05) is 0 Å². The average molecular weight is 203 g/mol. The van der Waals surface area contributed by atoms with E-state index >= 15 is 0 Å². The number of nitrogens with zero attached hydrogens (tertiary/aromatic N) is 1. The highest BCUT2D eigenvalue weighted by Gasteiger charge is 2.33. The molecule has 0 spiro atoms. The molecule has 0 unspecified atom stereocenters. The van der Waals surface area contributed by atoms with Gasteiger partial charge in [0.15, 0.2) is 0 Å². The van der Waals surface area contributed by atoms with Gasteiger partial charge >= 0.3 is 6.18 Å². The molecular weight excluding hydrogens is 195 g/mol. The normalized spacial score (nSPS) is 20.9. The van der Waals surface area contributed by atoms with Gasteiger partial charge in [0.05, 0.1) is 25.4 Å². The van der Waals surface area contributed by atoms with E-state index in [1.54, 1.807) is 0 Å². The summed E-state index contributed by atoms with van der Waals surface area (Å²) in [4.78, 5) is 3.39. The molecule has 2 rings (SSSR count). The summed E-state index contributed by atoms with van der Waals surface area (Å²) in [6.45, 7) is -2.48. The van der Waals surface area contributed by atoms with Crippen molar-refractivity contribution in [2.45, 2.75) is 6.18 Å². The van der Waals surface area contributed by atoms with Gasteiger partial charge in [-0.05, 0) is 12.1 Å². The van der Waals surface area contributed by atoms with Crippen molar-refractivity contribution in [3.8, 4) is 0 Å². The molecule has 0 aliphatic carbocycles. The Morgan fingerprint density at radius 3 is 2.79 bits per heavy atom. The van der Waals surface area contributed by atoms with Crippen molar-refractivity contribution in [1.29, 1.82) is 0 Å². The first kappa shape index (κ1) is 6.86. The van der Waals surface area contributed by atoms with E-state index in [1.165, 1.54) is 6.07 Å². The summed E-state index contributed by atoms with van der Waals surface area (Å²) in [5, 5.41) is 8.65. The highest BCUT2D eigenvalue weighted by Crippen LogP contribution is 2.26. The first-order valence-corrected chi connectivity index (χ1v) is 3.73. The minimum Gasteiger partial charge on any atom is -0.510 e. The maximum Gasteiger partial charge on any atom is 0.417 e. The lowest BCUT2D eigenvalue weighted by molar-refractivity contribution is -0.138. The highest BCUT2D eigenvalue weighted by molar-refractivity contribution is 5.43. The van der Waals surface area contributed by atoms with E-state index in [0.717, 1.165) is 12.1 Å². The molecule has 0 saturated heterocycles. The summed E-state index contributed by atoms with van der Waals surface area (Å²) in [6, 6.07) is 3.14. The number of benzene rings is 1. The molecule has 1 aromatic carbocycles. The third-order valence-electron chi connectivity index (χ3n) is 1.87. The number of hydrogen-bond donors (Lipinski definition) is 1. The van der Waals surface area contributed by atoms with Crippen LogP contribution < -0.4 is 10.6 Å². The van der Waals surface area contributed by atoms with Gasteiger partial charge in [0.25, 0.3) is 0 Å². The summed E-state index contributed by atoms with van der Waals surface area (Å²) in [5.41, 5.74) is -1.08. The van der Waals surface area contributed by atoms with Gasteiger partial charge < -0.3 is 5.11 Å². The summed E-state index contributed by atoms with van der Waals surface area (Å²) in [7, 11) is 0. The van der Waals surface area contributed by atoms with E-state index < -0.39 is 29.2 Å². The molecule has 14 heavy (non-hydrogen) atoms. The number of fused-ring (bicyclic) bond motifs is 1. The fourth-order valence-electron chi connectivity index (χ4n) is 1.29. The van der Waals surface area contributed by atoms with Crippen LogP contribution in [0.1, 0.15) is 8.30 Å². The van der Waals surface area contributed by atoms with Crippen molar-refractivity contribution in [2.24, 2.45) is 4.99 Å². The van der Waals surface area contributed by atoms with Crippen LogP contribution in [0.3, 0.4) is 0 Å². The molecule has 0 fully saturated rings. The van der Waals surface area contributed by atoms with Crippen LogP contribution in [-0.2, 0) is 6.18 Å². The van der Waals surface area contributed by atoms with Crippen LogP contribution >= 0.6 is 0 Å². The van der Waals surface area contributed by atoms with Gasteiger partial charge in [0.2, 0.25) is 0 Å². The molecule has 1 aliphatic rings. The SMILES string of the molecule is [2H]C1([2H])N=c2cccc(C(F)(F)F)c2=C1O. The third-order valence-corrected chi connectivity index (χ3v) is 1.87. The van der Waals surface area contributed by atoms with E-state index in [0.29, 0.717) is 0 Å². The van der Waals surface area contributed by atoms with E-state index in [9.17, 15) is 18.3 Å². The number of rotatable bonds is 0. The largest absolute Gasteiger partial charge is 0.510 e. The fourth-order valence-corrected chi connectivity index (χ4v) is 1.29. The van der Waals surface area contributed by atoms with Crippen LogP contribution in [0.15, 0.2) is 23.2 Å². The van der Waals surface area contributed by atoms with E-state index in [2.05, 4.69) is 4.99 Å². The maximum absolute atomic E-state index is 12.6. The summed E-state index contributed by atoms with van der Waals surface area (Å²) < 4.78 is 52.2. The third kappa shape index (κ3) is 1.25. The number of aliphatic hydroxyl groups is 1. The van der Waals surface area contributed by atoms with Crippen LogP contribution in [-0.4, -0.2) is 11.6 Å².